The fourth-order valence-electron chi connectivity index (χ4n) is 0. The zero-order chi connectivity index (χ0) is 0. The Hall–Kier alpha value is 1.000. The van der Waals surface area contributed by atoms with Crippen LogP contribution in [0.3, 0.4) is 0 Å². The van der Waals surface area contributed by atoms with Crippen LogP contribution in [-0.4, -0.2) is 16.8 Å². The van der Waals surface area contributed by atoms with Gasteiger partial charge in [-0.05, 0) is 0 Å². The molecule has 0 aromatic carbocycles. The SMILES string of the molecule is B.[B+3].[Cl-].[Cl-].[Cl-]. The van der Waals surface area contributed by atoms with E-state index in [2.05, 4.69) is 0 Å². The van der Waals surface area contributed by atoms with Crippen molar-refractivity contribution in [3.05, 3.63) is 0 Å². The summed E-state index contributed by atoms with van der Waals surface area (Å²) in [6.45, 7) is 0. The van der Waals surface area contributed by atoms with Crippen molar-refractivity contribution in [2.24, 2.45) is 0 Å². The molecule has 0 fully saturated rings. The van der Waals surface area contributed by atoms with Gasteiger partial charge in [-0.2, -0.15) is 0 Å². The maximum Gasteiger partial charge on any atom is 3.00 e. The van der Waals surface area contributed by atoms with Crippen LogP contribution in [-0.2, 0) is 0 Å². The molecule has 0 amide bonds. The molecule has 0 N–H and O–H groups in total. The Morgan fingerprint density at radius 1 is 0.600 bits per heavy atom. The molecule has 5 heteroatoms. The van der Waals surface area contributed by atoms with E-state index in [-0.39, 0.29) is 54.0 Å². The summed E-state index contributed by atoms with van der Waals surface area (Å²) in [6.07, 6.45) is 0. The Morgan fingerprint density at radius 3 is 0.600 bits per heavy atom. The molecular formula is H3B2Cl3. The molecule has 0 saturated carbocycles. The van der Waals surface area contributed by atoms with Crippen LogP contribution in [0.4, 0.5) is 0 Å². The van der Waals surface area contributed by atoms with Gasteiger partial charge in [0.15, 0.2) is 0 Å². The van der Waals surface area contributed by atoms with Gasteiger partial charge in [0.2, 0.25) is 0 Å². The Bertz CT molecular complexity index is 4.85. The van der Waals surface area contributed by atoms with Crippen LogP contribution in [0.2, 0.25) is 0 Å². The van der Waals surface area contributed by atoms with E-state index in [1.54, 1.807) is 0 Å². The summed E-state index contributed by atoms with van der Waals surface area (Å²) in [5.74, 6) is 0. The number of halogens is 3. The molecular weight excluding hydrogens is 128 g/mol. The van der Waals surface area contributed by atoms with E-state index in [1.807, 2.05) is 0 Å². The van der Waals surface area contributed by atoms with E-state index >= 15 is 0 Å². The molecule has 0 saturated heterocycles. The molecule has 0 atom stereocenters. The van der Waals surface area contributed by atoms with E-state index in [4.69, 9.17) is 0 Å². The van der Waals surface area contributed by atoms with Crippen LogP contribution in [0.25, 0.3) is 0 Å². The van der Waals surface area contributed by atoms with Crippen molar-refractivity contribution in [3.8, 4) is 0 Å². The minimum Gasteiger partial charge on any atom is -1.00 e. The Kier molecular flexibility index (Phi) is 2400. The predicted molar refractivity (Wildman–Crippen MR) is 15.7 cm³/mol. The first kappa shape index (κ1) is 150. The molecule has 0 rings (SSSR count). The van der Waals surface area contributed by atoms with Crippen molar-refractivity contribution in [1.29, 1.82) is 0 Å². The maximum absolute atomic E-state index is 0. The fourth-order valence-corrected chi connectivity index (χ4v) is 0. The van der Waals surface area contributed by atoms with Crippen LogP contribution in [0.5, 0.6) is 0 Å². The molecule has 0 spiro atoms. The summed E-state index contributed by atoms with van der Waals surface area (Å²) in [5, 5.41) is 0. The Morgan fingerprint density at radius 2 is 0.600 bits per heavy atom. The normalized spacial score (nSPS) is 0. The van der Waals surface area contributed by atoms with Gasteiger partial charge in [-0.3, -0.25) is 0 Å². The summed E-state index contributed by atoms with van der Waals surface area (Å²) in [7, 11) is 0. The first-order chi connectivity index (χ1) is 0. The molecule has 0 aromatic heterocycles. The minimum atomic E-state index is 0. The second-order valence-corrected chi connectivity index (χ2v) is 0. The van der Waals surface area contributed by atoms with Gasteiger partial charge in [0.25, 0.3) is 0 Å². The van der Waals surface area contributed by atoms with Gasteiger partial charge in [0, 0.05) is 0 Å². The van der Waals surface area contributed by atoms with E-state index in [0.29, 0.717) is 0 Å². The zero-order valence-electron chi connectivity index (χ0n) is 1.71. The monoisotopic (exact) mass is 130 g/mol. The third-order valence-electron chi connectivity index (χ3n) is 0. The second kappa shape index (κ2) is 80.0. The summed E-state index contributed by atoms with van der Waals surface area (Å²) in [6, 6.07) is 0. The van der Waals surface area contributed by atoms with Gasteiger partial charge in [-0.1, -0.05) is 0 Å². The second-order valence-electron chi connectivity index (χ2n) is 0. The molecule has 0 aliphatic rings. The summed E-state index contributed by atoms with van der Waals surface area (Å²) in [4.78, 5) is 0. The van der Waals surface area contributed by atoms with Gasteiger partial charge < -0.3 is 37.2 Å². The third kappa shape index (κ3) is 45.0. The van der Waals surface area contributed by atoms with Gasteiger partial charge in [0.05, 0.1) is 8.41 Å². The molecule has 0 unspecified atom stereocenters. The van der Waals surface area contributed by atoms with Crippen LogP contribution in [0.15, 0.2) is 0 Å². The predicted octanol–water partition coefficient (Wildman–Crippen LogP) is -10.6. The quantitative estimate of drug-likeness (QED) is 0.286. The van der Waals surface area contributed by atoms with Crippen molar-refractivity contribution < 1.29 is 37.2 Å². The van der Waals surface area contributed by atoms with Crippen molar-refractivity contribution in [2.75, 3.05) is 0 Å². The van der Waals surface area contributed by atoms with E-state index in [1.165, 1.54) is 0 Å². The minimum absolute atomic E-state index is 0. The van der Waals surface area contributed by atoms with Gasteiger partial charge in [-0.25, -0.2) is 0 Å². The average Bonchev–Trinajstić information content (AvgIpc) is 0. The molecule has 0 aliphatic heterocycles. The van der Waals surface area contributed by atoms with Crippen LogP contribution in [0, 0.1) is 0 Å². The molecule has 0 radical (unpaired) electrons. The summed E-state index contributed by atoms with van der Waals surface area (Å²) < 4.78 is 0. The van der Waals surface area contributed by atoms with E-state index in [9.17, 15) is 0 Å². The van der Waals surface area contributed by atoms with E-state index < -0.39 is 0 Å². The third-order valence-corrected chi connectivity index (χ3v) is 0. The van der Waals surface area contributed by atoms with Crippen LogP contribution in [0.1, 0.15) is 0 Å². The van der Waals surface area contributed by atoms with Crippen molar-refractivity contribution in [3.63, 3.8) is 0 Å². The standard InChI is InChI=1S/BH3.B.3ClH/h1H3;;3*1H/q;+3;;;/p-3. The molecule has 0 aromatic rings. The molecule has 0 bridgehead atoms. The van der Waals surface area contributed by atoms with Gasteiger partial charge >= 0.3 is 8.41 Å². The van der Waals surface area contributed by atoms with Crippen LogP contribution < -0.4 is 37.2 Å². The topological polar surface area (TPSA) is 0 Å². The molecule has 0 nitrogen and oxygen atoms in total. The fraction of sp³-hybridized carbons (Fsp3) is 0. The van der Waals surface area contributed by atoms with Crippen molar-refractivity contribution >= 4 is 16.8 Å². The Labute approximate surface area is 54.5 Å². The number of hydrogen-bond acceptors (Lipinski definition) is 0. The largest absolute Gasteiger partial charge is 3.00 e. The first-order valence-electron chi connectivity index (χ1n) is 0. The van der Waals surface area contributed by atoms with Crippen LogP contribution >= 0.6 is 0 Å². The average molecular weight is 131 g/mol. The summed E-state index contributed by atoms with van der Waals surface area (Å²) >= 11 is 0. The Balaban J connectivity index is 0. The molecule has 0 aliphatic carbocycles. The van der Waals surface area contributed by atoms with Crippen molar-refractivity contribution in [1.82, 2.24) is 0 Å². The number of rotatable bonds is 0. The molecule has 5 heavy (non-hydrogen) atoms. The summed E-state index contributed by atoms with van der Waals surface area (Å²) in [5.41, 5.74) is 0. The number of hydrogen-bond donors (Lipinski definition) is 0. The van der Waals surface area contributed by atoms with Gasteiger partial charge in [-0.15, -0.1) is 0 Å². The first-order valence-corrected chi connectivity index (χ1v) is 0. The zero-order valence-corrected chi connectivity index (χ0v) is 3.98. The van der Waals surface area contributed by atoms with E-state index in [0.717, 1.165) is 0 Å². The molecule has 0 heterocycles. The van der Waals surface area contributed by atoms with Crippen molar-refractivity contribution in [2.45, 2.75) is 0 Å². The molecule has 30 valence electrons. The maximum atomic E-state index is 0. The van der Waals surface area contributed by atoms with Gasteiger partial charge in [0.1, 0.15) is 0 Å². The smallest absolute Gasteiger partial charge is 1.00 e.